The molecule has 13 heteroatoms. The van der Waals surface area contributed by atoms with Crippen molar-refractivity contribution in [2.75, 3.05) is 0 Å². The zero-order chi connectivity index (χ0) is 17.1. The molecule has 2 bridgehead atoms. The number of hydrogen-bond donors (Lipinski definition) is 0. The van der Waals surface area contributed by atoms with Crippen molar-refractivity contribution in [2.24, 2.45) is 0 Å². The smallest absolute Gasteiger partial charge is 0.226 e. The summed E-state index contributed by atoms with van der Waals surface area (Å²) < 4.78 is 169. The van der Waals surface area contributed by atoms with E-state index < -0.39 is 47.1 Å². The lowest BCUT2D eigenvalue weighted by atomic mass is 9.75. The summed E-state index contributed by atoms with van der Waals surface area (Å²) in [6.45, 7) is 0. The minimum Gasteiger partial charge on any atom is -0.226 e. The molecule has 2 aliphatic carbocycles. The monoisotopic (exact) mass is 344 g/mol. The van der Waals surface area contributed by atoms with Crippen molar-refractivity contribution in [1.29, 1.82) is 0 Å². The van der Waals surface area contributed by atoms with Crippen LogP contribution in [-0.4, -0.2) is 47.1 Å². The van der Waals surface area contributed by atoms with Gasteiger partial charge >= 0.3 is 29.4 Å². The highest BCUT2D eigenvalue weighted by Crippen LogP contribution is 2.83. The summed E-state index contributed by atoms with van der Waals surface area (Å²) in [5.74, 6) is -28.5. The molecule has 3 atom stereocenters. The summed E-state index contributed by atoms with van der Waals surface area (Å²) in [4.78, 5) is 0. The largest absolute Gasteiger partial charge is 0.359 e. The Bertz CT molecular complexity index is 486. The zero-order valence-corrected chi connectivity index (χ0v) is 8.99. The molecule has 0 aromatic carbocycles. The van der Waals surface area contributed by atoms with Gasteiger partial charge in [-0.2, -0.15) is 35.1 Å². The van der Waals surface area contributed by atoms with Gasteiger partial charge in [-0.1, -0.05) is 0 Å². The van der Waals surface area contributed by atoms with Gasteiger partial charge in [-0.15, -0.1) is 0 Å². The van der Waals surface area contributed by atoms with E-state index in [0.29, 0.717) is 0 Å². The minimum atomic E-state index is -7.17. The Balaban J connectivity index is 3.02. The van der Waals surface area contributed by atoms with Gasteiger partial charge in [0.15, 0.2) is 0 Å². The van der Waals surface area contributed by atoms with Gasteiger partial charge in [-0.25, -0.2) is 22.0 Å². The molecule has 0 spiro atoms. The Morgan fingerprint density at radius 1 is 0.429 bits per heavy atom. The van der Waals surface area contributed by atoms with E-state index in [0.717, 1.165) is 0 Å². The topological polar surface area (TPSA) is 0 Å². The summed E-state index contributed by atoms with van der Waals surface area (Å²) in [5, 5.41) is 0. The predicted octanol–water partition coefficient (Wildman–Crippen LogP) is 3.94. The SMILES string of the molecule is FC(F)C1(F)C(F)(F)C2(F)C(F)(F)C(F)(F)C1(F)C2(F)F. The van der Waals surface area contributed by atoms with E-state index in [4.69, 9.17) is 0 Å². The molecule has 0 aromatic heterocycles. The third-order valence-corrected chi connectivity index (χ3v) is 3.82. The van der Waals surface area contributed by atoms with Gasteiger partial charge in [0.2, 0.25) is 0 Å². The summed E-state index contributed by atoms with van der Waals surface area (Å²) in [6.07, 6.45) is -5.64. The lowest BCUT2D eigenvalue weighted by Gasteiger charge is -2.45. The first kappa shape index (κ1) is 16.5. The molecule has 21 heavy (non-hydrogen) atoms. The molecule has 0 heterocycles. The first-order chi connectivity index (χ1) is 8.94. The van der Waals surface area contributed by atoms with Crippen molar-refractivity contribution in [3.8, 4) is 0 Å². The van der Waals surface area contributed by atoms with E-state index in [9.17, 15) is 57.1 Å². The number of rotatable bonds is 1. The van der Waals surface area contributed by atoms with Crippen LogP contribution >= 0.6 is 0 Å². The van der Waals surface area contributed by atoms with Crippen LogP contribution in [0.15, 0.2) is 0 Å². The molecular weight excluding hydrogens is 343 g/mol. The molecule has 0 N–H and O–H groups in total. The Morgan fingerprint density at radius 2 is 0.762 bits per heavy atom. The van der Waals surface area contributed by atoms with Crippen LogP contribution in [0.3, 0.4) is 0 Å². The van der Waals surface area contributed by atoms with E-state index in [1.165, 1.54) is 0 Å². The highest BCUT2D eigenvalue weighted by atomic mass is 19.4. The van der Waals surface area contributed by atoms with E-state index >= 15 is 0 Å². The average Bonchev–Trinajstić information content (AvgIpc) is 2.42. The van der Waals surface area contributed by atoms with Crippen LogP contribution in [0.4, 0.5) is 57.1 Å². The van der Waals surface area contributed by atoms with Crippen LogP contribution in [0.2, 0.25) is 0 Å². The first-order valence-corrected chi connectivity index (χ1v) is 4.80. The van der Waals surface area contributed by atoms with Crippen LogP contribution < -0.4 is 0 Å². The Hall–Kier alpha value is -0.910. The fourth-order valence-electron chi connectivity index (χ4n) is 2.67. The van der Waals surface area contributed by atoms with E-state index in [1.807, 2.05) is 0 Å². The van der Waals surface area contributed by atoms with Crippen molar-refractivity contribution in [2.45, 2.75) is 47.1 Å². The second kappa shape index (κ2) is 3.21. The molecule has 0 aliphatic heterocycles. The van der Waals surface area contributed by atoms with Gasteiger partial charge in [-0.05, 0) is 0 Å². The second-order valence-corrected chi connectivity index (χ2v) is 4.63. The Morgan fingerprint density at radius 3 is 1.05 bits per heavy atom. The van der Waals surface area contributed by atoms with Crippen LogP contribution in [0.1, 0.15) is 0 Å². The number of fused-ring (bicyclic) bond motifs is 2. The molecule has 3 unspecified atom stereocenters. The standard InChI is InChI=1S/C8HF13/c9-1(10)2(11)3(12)6(16,17)4(13,5(2,14)15)8(20,21)7(3,18)19/h1H. The van der Waals surface area contributed by atoms with Crippen molar-refractivity contribution >= 4 is 0 Å². The molecule has 124 valence electrons. The summed E-state index contributed by atoms with van der Waals surface area (Å²) in [6, 6.07) is 0. The van der Waals surface area contributed by atoms with Crippen LogP contribution in [0, 0.1) is 0 Å². The van der Waals surface area contributed by atoms with E-state index in [2.05, 4.69) is 0 Å². The molecule has 0 nitrogen and oxygen atoms in total. The highest BCUT2D eigenvalue weighted by Gasteiger charge is 3.17. The Labute approximate surface area is 105 Å². The second-order valence-electron chi connectivity index (χ2n) is 4.63. The third kappa shape index (κ3) is 0.938. The molecule has 2 aliphatic rings. The first-order valence-electron chi connectivity index (χ1n) is 4.80. The molecule has 0 saturated heterocycles. The normalized spacial score (nSPS) is 48.9. The number of hydrogen-bond acceptors (Lipinski definition) is 0. The maximum absolute atomic E-state index is 13.6. The fraction of sp³-hybridized carbons (Fsp3) is 1.00. The van der Waals surface area contributed by atoms with Crippen molar-refractivity contribution in [3.63, 3.8) is 0 Å². The summed E-state index contributed by atoms with van der Waals surface area (Å²) in [7, 11) is 0. The zero-order valence-electron chi connectivity index (χ0n) is 8.99. The van der Waals surface area contributed by atoms with Gasteiger partial charge in [0, 0.05) is 0 Å². The molecule has 0 amide bonds. The van der Waals surface area contributed by atoms with Crippen molar-refractivity contribution < 1.29 is 57.1 Å². The van der Waals surface area contributed by atoms with Gasteiger partial charge in [0.1, 0.15) is 0 Å². The maximum atomic E-state index is 13.6. The minimum absolute atomic E-state index is 5.64. The van der Waals surface area contributed by atoms with Crippen LogP contribution in [0.25, 0.3) is 0 Å². The highest BCUT2D eigenvalue weighted by molar-refractivity contribution is 5.48. The van der Waals surface area contributed by atoms with Gasteiger partial charge < -0.3 is 0 Å². The third-order valence-electron chi connectivity index (χ3n) is 3.82. The van der Waals surface area contributed by atoms with Crippen LogP contribution in [-0.2, 0) is 0 Å². The molecule has 2 rings (SSSR count). The molecule has 0 radical (unpaired) electrons. The predicted molar refractivity (Wildman–Crippen MR) is 37.3 cm³/mol. The molecular formula is C8HF13. The molecule has 2 fully saturated rings. The fourth-order valence-corrected chi connectivity index (χ4v) is 2.67. The van der Waals surface area contributed by atoms with Crippen molar-refractivity contribution in [3.05, 3.63) is 0 Å². The van der Waals surface area contributed by atoms with E-state index in [1.54, 1.807) is 0 Å². The number of halogens is 13. The molecule has 0 aromatic rings. The Kier molecular flexibility index (Phi) is 2.52. The molecule has 2 saturated carbocycles. The van der Waals surface area contributed by atoms with Gasteiger partial charge in [0.25, 0.3) is 17.8 Å². The summed E-state index contributed by atoms with van der Waals surface area (Å²) in [5.41, 5.74) is -21.2. The van der Waals surface area contributed by atoms with E-state index in [-0.39, 0.29) is 0 Å². The quantitative estimate of drug-likeness (QED) is 0.632. The average molecular weight is 344 g/mol. The maximum Gasteiger partial charge on any atom is 0.359 e. The van der Waals surface area contributed by atoms with Gasteiger partial charge in [0.05, 0.1) is 0 Å². The van der Waals surface area contributed by atoms with Gasteiger partial charge in [-0.3, -0.25) is 0 Å². The van der Waals surface area contributed by atoms with Crippen LogP contribution in [0.5, 0.6) is 0 Å². The summed E-state index contributed by atoms with van der Waals surface area (Å²) >= 11 is 0. The van der Waals surface area contributed by atoms with Crippen molar-refractivity contribution in [1.82, 2.24) is 0 Å². The lowest BCUT2D eigenvalue weighted by Crippen LogP contribution is -2.77. The lowest BCUT2D eigenvalue weighted by molar-refractivity contribution is -0.390. The number of alkyl halides is 13.